The average Bonchev–Trinajstić information content (AvgIpc) is 2.47. The van der Waals surface area contributed by atoms with Crippen LogP contribution in [-0.2, 0) is 0 Å². The van der Waals surface area contributed by atoms with E-state index < -0.39 is 0 Å². The minimum absolute atomic E-state index is 0.0509. The zero-order chi connectivity index (χ0) is 10.3. The number of H-pyrrole nitrogens is 1. The van der Waals surface area contributed by atoms with E-state index in [1.165, 1.54) is 10.9 Å². The van der Waals surface area contributed by atoms with E-state index >= 15 is 0 Å². The van der Waals surface area contributed by atoms with Crippen molar-refractivity contribution in [2.24, 2.45) is 0 Å². The number of nitrogens with one attached hydrogen (secondary N) is 1. The van der Waals surface area contributed by atoms with Crippen LogP contribution >= 0.6 is 11.6 Å². The van der Waals surface area contributed by atoms with Gasteiger partial charge in [0.2, 0.25) is 5.95 Å². The predicted octanol–water partition coefficient (Wildman–Crippen LogP) is 0.459. The summed E-state index contributed by atoms with van der Waals surface area (Å²) >= 11 is 5.85. The summed E-state index contributed by atoms with van der Waals surface area (Å²) in [6.45, 7) is 1.73. The lowest BCUT2D eigenvalue weighted by Gasteiger charge is -2.03. The number of rotatable bonds is 1. The van der Waals surface area contributed by atoms with Gasteiger partial charge < -0.3 is 10.3 Å². The summed E-state index contributed by atoms with van der Waals surface area (Å²) in [4.78, 5) is 21.7. The van der Waals surface area contributed by atoms with Crippen molar-refractivity contribution in [2.75, 3.05) is 5.73 Å². The minimum atomic E-state index is -0.355. The Bertz CT molecular complexity index is 528. The molecule has 1 atom stereocenters. The maximum atomic E-state index is 11.5. The Morgan fingerprint density at radius 3 is 3.07 bits per heavy atom. The molecular formula is C7H8ClN5O. The van der Waals surface area contributed by atoms with E-state index in [2.05, 4.69) is 15.0 Å². The highest BCUT2D eigenvalue weighted by Crippen LogP contribution is 2.15. The zero-order valence-electron chi connectivity index (χ0n) is 7.36. The lowest BCUT2D eigenvalue weighted by atomic mass is 10.5. The largest absolute Gasteiger partial charge is 0.369 e. The Hall–Kier alpha value is -1.56. The van der Waals surface area contributed by atoms with E-state index in [0.717, 1.165) is 0 Å². The molecule has 0 amide bonds. The Balaban J connectivity index is 2.86. The van der Waals surface area contributed by atoms with E-state index in [4.69, 9.17) is 17.3 Å². The second-order valence-corrected chi connectivity index (χ2v) is 3.48. The number of hydrogen-bond donors (Lipinski definition) is 2. The first-order valence-electron chi connectivity index (χ1n) is 3.96. The van der Waals surface area contributed by atoms with Gasteiger partial charge in [0, 0.05) is 0 Å². The van der Waals surface area contributed by atoms with Crippen LogP contribution in [0.1, 0.15) is 12.4 Å². The molecule has 0 spiro atoms. The maximum absolute atomic E-state index is 11.5. The van der Waals surface area contributed by atoms with Crippen LogP contribution in [0.5, 0.6) is 0 Å². The number of nitrogens with zero attached hydrogens (tertiary/aromatic N) is 3. The number of alkyl halides is 1. The van der Waals surface area contributed by atoms with Gasteiger partial charge in [0.15, 0.2) is 11.2 Å². The SMILES string of the molecule is CC(Cl)n1cnc2nc(N)[nH]c(=O)c21. The highest BCUT2D eigenvalue weighted by molar-refractivity contribution is 6.19. The number of aromatic amines is 1. The standard InChI is InChI=1S/C7H8ClN5O/c1-3(8)13-2-10-5-4(13)6(14)12-7(9)11-5/h2-3H,1H3,(H3,9,11,12,14). The van der Waals surface area contributed by atoms with Gasteiger partial charge in [0.25, 0.3) is 5.56 Å². The van der Waals surface area contributed by atoms with Gasteiger partial charge in [-0.1, -0.05) is 11.6 Å². The molecule has 14 heavy (non-hydrogen) atoms. The molecule has 6 nitrogen and oxygen atoms in total. The third kappa shape index (κ3) is 1.24. The van der Waals surface area contributed by atoms with Gasteiger partial charge in [0.05, 0.1) is 6.33 Å². The van der Waals surface area contributed by atoms with Crippen LogP contribution < -0.4 is 11.3 Å². The first-order valence-corrected chi connectivity index (χ1v) is 4.39. The summed E-state index contributed by atoms with van der Waals surface area (Å²) < 4.78 is 1.53. The van der Waals surface area contributed by atoms with Crippen molar-refractivity contribution in [1.82, 2.24) is 19.5 Å². The molecule has 2 rings (SSSR count). The van der Waals surface area contributed by atoms with Gasteiger partial charge in [-0.25, -0.2) is 4.98 Å². The predicted molar refractivity (Wildman–Crippen MR) is 53.1 cm³/mol. The molecule has 0 radical (unpaired) electrons. The molecular weight excluding hydrogens is 206 g/mol. The van der Waals surface area contributed by atoms with Crippen LogP contribution in [0.2, 0.25) is 0 Å². The highest BCUT2D eigenvalue weighted by atomic mass is 35.5. The number of fused-ring (bicyclic) bond motifs is 1. The van der Waals surface area contributed by atoms with Crippen LogP contribution in [0.3, 0.4) is 0 Å². The van der Waals surface area contributed by atoms with Gasteiger partial charge in [-0.2, -0.15) is 4.98 Å². The van der Waals surface area contributed by atoms with E-state index in [9.17, 15) is 4.79 Å². The fraction of sp³-hybridized carbons (Fsp3) is 0.286. The number of aromatic nitrogens is 4. The Morgan fingerprint density at radius 2 is 2.43 bits per heavy atom. The lowest BCUT2D eigenvalue weighted by molar-refractivity contribution is 0.748. The normalized spacial score (nSPS) is 13.3. The third-order valence-electron chi connectivity index (χ3n) is 1.84. The van der Waals surface area contributed by atoms with Crippen LogP contribution in [0.15, 0.2) is 11.1 Å². The van der Waals surface area contributed by atoms with E-state index in [0.29, 0.717) is 11.2 Å². The molecule has 0 bridgehead atoms. The first kappa shape index (κ1) is 9.01. The van der Waals surface area contributed by atoms with Gasteiger partial charge in [-0.05, 0) is 6.92 Å². The summed E-state index contributed by atoms with van der Waals surface area (Å²) in [5.74, 6) is 0.0509. The minimum Gasteiger partial charge on any atom is -0.369 e. The molecule has 1 unspecified atom stereocenters. The van der Waals surface area contributed by atoms with Gasteiger partial charge in [-0.3, -0.25) is 9.78 Å². The monoisotopic (exact) mass is 213 g/mol. The average molecular weight is 214 g/mol. The molecule has 0 aliphatic rings. The molecule has 0 aliphatic carbocycles. The van der Waals surface area contributed by atoms with Crippen molar-refractivity contribution >= 4 is 28.7 Å². The number of hydrogen-bond acceptors (Lipinski definition) is 4. The molecule has 2 heterocycles. The van der Waals surface area contributed by atoms with Gasteiger partial charge >= 0.3 is 0 Å². The van der Waals surface area contributed by atoms with Crippen molar-refractivity contribution in [3.8, 4) is 0 Å². The third-order valence-corrected chi connectivity index (χ3v) is 2.05. The molecule has 3 N–H and O–H groups in total. The lowest BCUT2D eigenvalue weighted by Crippen LogP contribution is -2.14. The first-order chi connectivity index (χ1) is 6.59. The Morgan fingerprint density at radius 1 is 1.71 bits per heavy atom. The summed E-state index contributed by atoms with van der Waals surface area (Å²) in [6.07, 6.45) is 1.46. The van der Waals surface area contributed by atoms with E-state index in [1.54, 1.807) is 6.92 Å². The van der Waals surface area contributed by atoms with Crippen LogP contribution in [0, 0.1) is 0 Å². The van der Waals surface area contributed by atoms with Crippen LogP contribution in [0.25, 0.3) is 11.2 Å². The quantitative estimate of drug-likeness (QED) is 0.674. The summed E-state index contributed by atoms with van der Waals surface area (Å²) in [5, 5.41) is 0. The molecule has 74 valence electrons. The molecule has 0 saturated carbocycles. The van der Waals surface area contributed by atoms with Crippen LogP contribution in [-0.4, -0.2) is 19.5 Å². The molecule has 0 saturated heterocycles. The number of nitrogens with two attached hydrogens (primary N) is 1. The van der Waals surface area contributed by atoms with Crippen molar-refractivity contribution in [2.45, 2.75) is 12.4 Å². The summed E-state index contributed by atoms with van der Waals surface area (Å²) in [6, 6.07) is 0. The number of imidazole rings is 1. The number of halogens is 1. The summed E-state index contributed by atoms with van der Waals surface area (Å²) in [7, 11) is 0. The van der Waals surface area contributed by atoms with Crippen molar-refractivity contribution in [1.29, 1.82) is 0 Å². The second-order valence-electron chi connectivity index (χ2n) is 2.85. The molecule has 2 aromatic heterocycles. The van der Waals surface area contributed by atoms with Gasteiger partial charge in [0.1, 0.15) is 5.50 Å². The molecule has 2 aromatic rings. The fourth-order valence-electron chi connectivity index (χ4n) is 1.24. The number of nitrogen functional groups attached to an aromatic ring is 1. The van der Waals surface area contributed by atoms with Crippen LogP contribution in [0.4, 0.5) is 5.95 Å². The fourth-order valence-corrected chi connectivity index (χ4v) is 1.39. The van der Waals surface area contributed by atoms with E-state index in [1.807, 2.05) is 0 Å². The van der Waals surface area contributed by atoms with Crippen molar-refractivity contribution in [3.63, 3.8) is 0 Å². The Kier molecular flexibility index (Phi) is 1.92. The van der Waals surface area contributed by atoms with Crippen molar-refractivity contribution in [3.05, 3.63) is 16.7 Å². The number of anilines is 1. The molecule has 0 fully saturated rings. The second kappa shape index (κ2) is 2.98. The molecule has 0 aromatic carbocycles. The smallest absolute Gasteiger partial charge is 0.278 e. The van der Waals surface area contributed by atoms with Gasteiger partial charge in [-0.15, -0.1) is 0 Å². The Labute approximate surface area is 83.7 Å². The van der Waals surface area contributed by atoms with Crippen molar-refractivity contribution < 1.29 is 0 Å². The topological polar surface area (TPSA) is 89.6 Å². The zero-order valence-corrected chi connectivity index (χ0v) is 8.12. The molecule has 0 aliphatic heterocycles. The summed E-state index contributed by atoms with van der Waals surface area (Å²) in [5.41, 5.74) is 5.31. The van der Waals surface area contributed by atoms with E-state index in [-0.39, 0.29) is 17.0 Å². The highest BCUT2D eigenvalue weighted by Gasteiger charge is 2.11. The molecule has 7 heteroatoms. The maximum Gasteiger partial charge on any atom is 0.278 e.